The van der Waals surface area contributed by atoms with Crippen molar-refractivity contribution < 1.29 is 14.6 Å². The number of amides is 1. The van der Waals surface area contributed by atoms with Crippen molar-refractivity contribution in [3.05, 3.63) is 0 Å². The van der Waals surface area contributed by atoms with Gasteiger partial charge in [0.15, 0.2) is 0 Å². The van der Waals surface area contributed by atoms with Gasteiger partial charge >= 0.3 is 0 Å². The first-order valence-electron chi connectivity index (χ1n) is 5.87. The van der Waals surface area contributed by atoms with Gasteiger partial charge in [-0.05, 0) is 6.42 Å². The van der Waals surface area contributed by atoms with Crippen LogP contribution in [0.25, 0.3) is 0 Å². The fraction of sp³-hybridized carbons (Fsp3) is 0.909. The average molecular weight is 232 g/mol. The Hall–Kier alpha value is -0.650. The molecule has 3 N–H and O–H groups in total. The first-order valence-corrected chi connectivity index (χ1v) is 5.87. The molecule has 0 radical (unpaired) electrons. The van der Waals surface area contributed by atoms with E-state index in [0.717, 1.165) is 12.8 Å². The first-order chi connectivity index (χ1) is 7.66. The molecule has 0 aliphatic carbocycles. The molecule has 1 atom stereocenters. The molecule has 0 fully saturated rings. The second-order valence-electron chi connectivity index (χ2n) is 3.77. The maximum Gasteiger partial charge on any atom is 0.216 e. The maximum absolute atomic E-state index is 10.5. The minimum Gasteiger partial charge on any atom is -0.389 e. The van der Waals surface area contributed by atoms with Crippen LogP contribution in [-0.4, -0.2) is 50.0 Å². The first kappa shape index (κ1) is 15.3. The van der Waals surface area contributed by atoms with E-state index in [1.165, 1.54) is 6.92 Å². The lowest BCUT2D eigenvalue weighted by atomic mass is 10.3. The Morgan fingerprint density at radius 3 is 2.81 bits per heavy atom. The number of unbranched alkanes of at least 4 members (excludes halogenated alkanes) is 1. The van der Waals surface area contributed by atoms with Gasteiger partial charge in [-0.25, -0.2) is 0 Å². The summed E-state index contributed by atoms with van der Waals surface area (Å²) < 4.78 is 5.27. The van der Waals surface area contributed by atoms with E-state index in [4.69, 9.17) is 4.74 Å². The predicted octanol–water partition coefficient (Wildman–Crippen LogP) is -0.110. The smallest absolute Gasteiger partial charge is 0.216 e. The van der Waals surface area contributed by atoms with Gasteiger partial charge in [0.05, 0.1) is 12.7 Å². The number of hydrogen-bond acceptors (Lipinski definition) is 4. The van der Waals surface area contributed by atoms with Gasteiger partial charge < -0.3 is 20.5 Å². The quantitative estimate of drug-likeness (QED) is 0.460. The van der Waals surface area contributed by atoms with E-state index in [1.54, 1.807) is 0 Å². The van der Waals surface area contributed by atoms with Gasteiger partial charge in [-0.1, -0.05) is 13.3 Å². The Labute approximate surface area is 97.6 Å². The Balaban J connectivity index is 3.17. The van der Waals surface area contributed by atoms with Crippen molar-refractivity contribution in [1.82, 2.24) is 10.6 Å². The second-order valence-corrected chi connectivity index (χ2v) is 3.77. The minimum atomic E-state index is -0.478. The minimum absolute atomic E-state index is 0.0368. The molecule has 0 aliphatic rings. The molecule has 1 amide bonds. The molecule has 5 nitrogen and oxygen atoms in total. The lowest BCUT2D eigenvalue weighted by molar-refractivity contribution is -0.118. The number of hydrogen-bond donors (Lipinski definition) is 3. The molecule has 0 aromatic heterocycles. The summed E-state index contributed by atoms with van der Waals surface area (Å²) in [5.41, 5.74) is 0. The molecule has 5 heteroatoms. The highest BCUT2D eigenvalue weighted by Gasteiger charge is 2.02. The van der Waals surface area contributed by atoms with Crippen LogP contribution in [0, 0.1) is 0 Å². The van der Waals surface area contributed by atoms with Gasteiger partial charge in [-0.2, -0.15) is 0 Å². The van der Waals surface area contributed by atoms with E-state index in [0.29, 0.717) is 32.8 Å². The molecular formula is C11H24N2O3. The lowest BCUT2D eigenvalue weighted by Crippen LogP contribution is -2.36. The standard InChI is InChI=1S/C11H24N2O3/c1-3-4-7-16-9-11(15)8-12-5-6-13-10(2)14/h11-12,15H,3-9H2,1-2H3,(H,13,14). The van der Waals surface area contributed by atoms with Crippen LogP contribution in [0.15, 0.2) is 0 Å². The van der Waals surface area contributed by atoms with Gasteiger partial charge in [0.25, 0.3) is 0 Å². The zero-order valence-corrected chi connectivity index (χ0v) is 10.3. The van der Waals surface area contributed by atoms with Crippen LogP contribution in [0.1, 0.15) is 26.7 Å². The normalized spacial score (nSPS) is 12.4. The van der Waals surface area contributed by atoms with Crippen LogP contribution in [0.3, 0.4) is 0 Å². The summed E-state index contributed by atoms with van der Waals surface area (Å²) in [6.45, 7) is 6.39. The number of carbonyl (C=O) groups excluding carboxylic acids is 1. The molecule has 0 aromatic rings. The van der Waals surface area contributed by atoms with E-state index in [9.17, 15) is 9.90 Å². The zero-order chi connectivity index (χ0) is 12.2. The molecule has 16 heavy (non-hydrogen) atoms. The van der Waals surface area contributed by atoms with Crippen molar-refractivity contribution in [2.75, 3.05) is 32.8 Å². The fourth-order valence-electron chi connectivity index (χ4n) is 1.12. The summed E-state index contributed by atoms with van der Waals surface area (Å²) in [5, 5.41) is 15.2. The highest BCUT2D eigenvalue weighted by molar-refractivity contribution is 5.72. The van der Waals surface area contributed by atoms with Gasteiger partial charge in [0.1, 0.15) is 0 Å². The summed E-state index contributed by atoms with van der Waals surface area (Å²) >= 11 is 0. The van der Waals surface area contributed by atoms with Crippen molar-refractivity contribution >= 4 is 5.91 Å². The zero-order valence-electron chi connectivity index (χ0n) is 10.3. The average Bonchev–Trinajstić information content (AvgIpc) is 2.23. The molecule has 0 heterocycles. The molecule has 0 spiro atoms. The van der Waals surface area contributed by atoms with Crippen LogP contribution >= 0.6 is 0 Å². The lowest BCUT2D eigenvalue weighted by Gasteiger charge is -2.12. The molecule has 96 valence electrons. The third-order valence-corrected chi connectivity index (χ3v) is 2.01. The Morgan fingerprint density at radius 2 is 2.19 bits per heavy atom. The molecule has 0 saturated heterocycles. The maximum atomic E-state index is 10.5. The molecule has 0 aliphatic heterocycles. The van der Waals surface area contributed by atoms with Crippen LogP contribution in [0.5, 0.6) is 0 Å². The van der Waals surface area contributed by atoms with Crippen molar-refractivity contribution in [2.24, 2.45) is 0 Å². The van der Waals surface area contributed by atoms with Crippen LogP contribution in [0.4, 0.5) is 0 Å². The van der Waals surface area contributed by atoms with Gasteiger partial charge in [0, 0.05) is 33.2 Å². The van der Waals surface area contributed by atoms with E-state index in [-0.39, 0.29) is 5.91 Å². The van der Waals surface area contributed by atoms with Crippen molar-refractivity contribution in [2.45, 2.75) is 32.8 Å². The number of aliphatic hydroxyl groups excluding tert-OH is 1. The van der Waals surface area contributed by atoms with Crippen LogP contribution in [0.2, 0.25) is 0 Å². The van der Waals surface area contributed by atoms with Crippen LogP contribution < -0.4 is 10.6 Å². The molecular weight excluding hydrogens is 208 g/mol. The number of nitrogens with one attached hydrogen (secondary N) is 2. The van der Waals surface area contributed by atoms with Gasteiger partial charge in [-0.15, -0.1) is 0 Å². The molecule has 0 bridgehead atoms. The SMILES string of the molecule is CCCCOCC(O)CNCCNC(C)=O. The van der Waals surface area contributed by atoms with Crippen LogP contribution in [-0.2, 0) is 9.53 Å². The Morgan fingerprint density at radius 1 is 1.44 bits per heavy atom. The van der Waals surface area contributed by atoms with E-state index in [2.05, 4.69) is 17.6 Å². The van der Waals surface area contributed by atoms with Gasteiger partial charge in [0.2, 0.25) is 5.91 Å². The Kier molecular flexibility index (Phi) is 10.4. The Bertz CT molecular complexity index is 177. The topological polar surface area (TPSA) is 70.6 Å². The highest BCUT2D eigenvalue weighted by Crippen LogP contribution is 1.89. The summed E-state index contributed by atoms with van der Waals surface area (Å²) in [5.74, 6) is -0.0368. The van der Waals surface area contributed by atoms with E-state index >= 15 is 0 Å². The number of rotatable bonds is 10. The van der Waals surface area contributed by atoms with Crippen molar-refractivity contribution in [3.8, 4) is 0 Å². The monoisotopic (exact) mass is 232 g/mol. The highest BCUT2D eigenvalue weighted by atomic mass is 16.5. The van der Waals surface area contributed by atoms with E-state index < -0.39 is 6.10 Å². The molecule has 0 aromatic carbocycles. The largest absolute Gasteiger partial charge is 0.389 e. The predicted molar refractivity (Wildman–Crippen MR) is 63.3 cm³/mol. The summed E-state index contributed by atoms with van der Waals surface area (Å²) in [6.07, 6.45) is 1.66. The third kappa shape index (κ3) is 11.4. The number of ether oxygens (including phenoxy) is 1. The number of aliphatic hydroxyl groups is 1. The summed E-state index contributed by atoms with van der Waals surface area (Å²) in [4.78, 5) is 10.5. The summed E-state index contributed by atoms with van der Waals surface area (Å²) in [6, 6.07) is 0. The number of carbonyl (C=O) groups is 1. The second kappa shape index (κ2) is 10.9. The van der Waals surface area contributed by atoms with Crippen molar-refractivity contribution in [3.63, 3.8) is 0 Å². The van der Waals surface area contributed by atoms with Gasteiger partial charge in [-0.3, -0.25) is 4.79 Å². The molecule has 0 rings (SSSR count). The van der Waals surface area contributed by atoms with E-state index in [1.807, 2.05) is 0 Å². The third-order valence-electron chi connectivity index (χ3n) is 2.01. The molecule has 0 saturated carbocycles. The molecule has 1 unspecified atom stereocenters. The fourth-order valence-corrected chi connectivity index (χ4v) is 1.12. The summed E-state index contributed by atoms with van der Waals surface area (Å²) in [7, 11) is 0. The van der Waals surface area contributed by atoms with Crippen molar-refractivity contribution in [1.29, 1.82) is 0 Å².